The van der Waals surface area contributed by atoms with Crippen molar-refractivity contribution in [3.8, 4) is 0 Å². The molecular formula is C17H21FN4OS. The molecule has 1 heterocycles. The van der Waals surface area contributed by atoms with Gasteiger partial charge in [0.15, 0.2) is 5.13 Å². The van der Waals surface area contributed by atoms with Crippen LogP contribution in [-0.2, 0) is 12.0 Å². The molecule has 128 valence electrons. The van der Waals surface area contributed by atoms with Gasteiger partial charge in [-0.1, -0.05) is 18.2 Å². The van der Waals surface area contributed by atoms with E-state index in [-0.39, 0.29) is 17.3 Å². The van der Waals surface area contributed by atoms with E-state index in [1.807, 2.05) is 30.4 Å². The van der Waals surface area contributed by atoms with Gasteiger partial charge < -0.3 is 15.5 Å². The lowest BCUT2D eigenvalue weighted by Gasteiger charge is -2.17. The number of carbonyl (C=O) groups is 1. The van der Waals surface area contributed by atoms with Crippen molar-refractivity contribution in [2.45, 2.75) is 24.8 Å². The number of carbonyl (C=O) groups excluding carboxylic acids is 1. The number of thiazole rings is 1. The second-order valence-corrected chi connectivity index (χ2v) is 7.15. The first-order valence-electron chi connectivity index (χ1n) is 7.89. The van der Waals surface area contributed by atoms with Crippen LogP contribution in [0.3, 0.4) is 0 Å². The van der Waals surface area contributed by atoms with Gasteiger partial charge in [0.25, 0.3) is 0 Å². The largest absolute Gasteiger partial charge is 0.354 e. The van der Waals surface area contributed by atoms with Crippen LogP contribution in [0.4, 0.5) is 14.3 Å². The van der Waals surface area contributed by atoms with Crippen molar-refractivity contribution < 1.29 is 9.18 Å². The van der Waals surface area contributed by atoms with Crippen LogP contribution in [0, 0.1) is 5.82 Å². The fraction of sp³-hybridized carbons (Fsp3) is 0.412. The van der Waals surface area contributed by atoms with Crippen molar-refractivity contribution in [3.63, 3.8) is 0 Å². The molecule has 2 aromatic rings. The van der Waals surface area contributed by atoms with Gasteiger partial charge in [-0.2, -0.15) is 0 Å². The maximum atomic E-state index is 13.9. The maximum absolute atomic E-state index is 13.9. The summed E-state index contributed by atoms with van der Waals surface area (Å²) in [5, 5.41) is 8.49. The number of nitrogens with one attached hydrogen (secondary N) is 2. The van der Waals surface area contributed by atoms with Crippen LogP contribution in [0.25, 0.3) is 0 Å². The molecule has 0 bridgehead atoms. The molecular weight excluding hydrogens is 327 g/mol. The number of anilines is 1. The average molecular weight is 348 g/mol. The molecule has 1 aromatic carbocycles. The van der Waals surface area contributed by atoms with Crippen molar-refractivity contribution in [2.75, 3.05) is 25.5 Å². The average Bonchev–Trinajstić information content (AvgIpc) is 3.19. The maximum Gasteiger partial charge on any atom is 0.315 e. The van der Waals surface area contributed by atoms with E-state index in [4.69, 9.17) is 0 Å². The van der Waals surface area contributed by atoms with E-state index < -0.39 is 0 Å². The zero-order valence-electron chi connectivity index (χ0n) is 13.8. The molecule has 0 aliphatic heterocycles. The van der Waals surface area contributed by atoms with Crippen LogP contribution >= 0.6 is 11.3 Å². The SMILES string of the molecule is CN(C)c1nc(CNC(=O)NCC2(c3ccccc3F)CC2)cs1. The Hall–Kier alpha value is -2.15. The molecule has 7 heteroatoms. The fourth-order valence-electron chi connectivity index (χ4n) is 2.65. The van der Waals surface area contributed by atoms with Gasteiger partial charge in [-0.3, -0.25) is 0 Å². The van der Waals surface area contributed by atoms with E-state index in [1.165, 1.54) is 17.4 Å². The van der Waals surface area contributed by atoms with E-state index >= 15 is 0 Å². The third-order valence-corrected chi connectivity index (χ3v) is 5.30. The normalized spacial score (nSPS) is 15.0. The highest BCUT2D eigenvalue weighted by atomic mass is 32.1. The Labute approximate surface area is 144 Å². The minimum atomic E-state index is -0.253. The van der Waals surface area contributed by atoms with Crippen LogP contribution < -0.4 is 15.5 Å². The summed E-state index contributed by atoms with van der Waals surface area (Å²) in [5.41, 5.74) is 1.27. The molecule has 0 saturated heterocycles. The standard InChI is InChI=1S/C17H21FN4OS/c1-22(2)16-21-12(10-24-16)9-19-15(23)20-11-17(7-8-17)13-5-3-4-6-14(13)18/h3-6,10H,7-9,11H2,1-2H3,(H2,19,20,23). The number of benzene rings is 1. The highest BCUT2D eigenvalue weighted by Crippen LogP contribution is 2.48. The predicted octanol–water partition coefficient (Wildman–Crippen LogP) is 2.88. The highest BCUT2D eigenvalue weighted by molar-refractivity contribution is 7.13. The summed E-state index contributed by atoms with van der Waals surface area (Å²) in [4.78, 5) is 18.3. The lowest BCUT2D eigenvalue weighted by molar-refractivity contribution is 0.239. The van der Waals surface area contributed by atoms with Gasteiger partial charge in [0, 0.05) is 31.4 Å². The lowest BCUT2D eigenvalue weighted by Crippen LogP contribution is -2.39. The molecule has 1 aliphatic rings. The Morgan fingerprint density at radius 2 is 2.08 bits per heavy atom. The van der Waals surface area contributed by atoms with Crippen molar-refractivity contribution >= 4 is 22.5 Å². The molecule has 2 amide bonds. The molecule has 24 heavy (non-hydrogen) atoms. The minimum Gasteiger partial charge on any atom is -0.354 e. The number of nitrogens with zero attached hydrogens (tertiary/aromatic N) is 2. The monoisotopic (exact) mass is 348 g/mol. The molecule has 2 N–H and O–H groups in total. The second kappa shape index (κ2) is 6.76. The van der Waals surface area contributed by atoms with Gasteiger partial charge in [-0.25, -0.2) is 14.2 Å². The van der Waals surface area contributed by atoms with Crippen LogP contribution in [-0.4, -0.2) is 31.7 Å². The first-order valence-corrected chi connectivity index (χ1v) is 8.77. The molecule has 0 spiro atoms. The Bertz CT molecular complexity index is 727. The number of amides is 2. The molecule has 3 rings (SSSR count). The number of halogens is 1. The van der Waals surface area contributed by atoms with E-state index in [9.17, 15) is 9.18 Å². The molecule has 0 unspecified atom stereocenters. The van der Waals surface area contributed by atoms with Gasteiger partial charge in [0.2, 0.25) is 0 Å². The Morgan fingerprint density at radius 3 is 2.71 bits per heavy atom. The summed E-state index contributed by atoms with van der Waals surface area (Å²) in [6.45, 7) is 0.822. The summed E-state index contributed by atoms with van der Waals surface area (Å²) in [6, 6.07) is 6.55. The quantitative estimate of drug-likeness (QED) is 0.844. The predicted molar refractivity (Wildman–Crippen MR) is 94.0 cm³/mol. The van der Waals surface area contributed by atoms with Crippen LogP contribution in [0.5, 0.6) is 0 Å². The van der Waals surface area contributed by atoms with Crippen LogP contribution in [0.15, 0.2) is 29.6 Å². The van der Waals surface area contributed by atoms with E-state index in [0.717, 1.165) is 23.7 Å². The number of hydrogen-bond acceptors (Lipinski definition) is 4. The summed E-state index contributed by atoms with van der Waals surface area (Å²) in [5.74, 6) is -0.198. The molecule has 1 aromatic heterocycles. The number of hydrogen-bond donors (Lipinski definition) is 2. The lowest BCUT2D eigenvalue weighted by atomic mass is 9.95. The van der Waals surface area contributed by atoms with E-state index in [2.05, 4.69) is 15.6 Å². The smallest absolute Gasteiger partial charge is 0.315 e. The van der Waals surface area contributed by atoms with Gasteiger partial charge in [-0.05, 0) is 24.5 Å². The zero-order valence-corrected chi connectivity index (χ0v) is 14.6. The summed E-state index contributed by atoms with van der Waals surface area (Å²) in [7, 11) is 3.86. The van der Waals surface area contributed by atoms with Crippen LogP contribution in [0.1, 0.15) is 24.1 Å². The fourth-order valence-corrected chi connectivity index (χ4v) is 3.41. The van der Waals surface area contributed by atoms with Gasteiger partial charge in [0.1, 0.15) is 5.82 Å². The molecule has 5 nitrogen and oxygen atoms in total. The second-order valence-electron chi connectivity index (χ2n) is 6.31. The molecule has 1 saturated carbocycles. The summed E-state index contributed by atoms with van der Waals surface area (Å²) in [6.07, 6.45) is 1.79. The summed E-state index contributed by atoms with van der Waals surface area (Å²) >= 11 is 1.54. The Morgan fingerprint density at radius 1 is 1.33 bits per heavy atom. The number of urea groups is 1. The topological polar surface area (TPSA) is 57.3 Å². The van der Waals surface area contributed by atoms with Crippen molar-refractivity contribution in [3.05, 3.63) is 46.7 Å². The van der Waals surface area contributed by atoms with Crippen LogP contribution in [0.2, 0.25) is 0 Å². The van der Waals surface area contributed by atoms with E-state index in [1.54, 1.807) is 12.1 Å². The van der Waals surface area contributed by atoms with Gasteiger partial charge >= 0.3 is 6.03 Å². The Kier molecular flexibility index (Phi) is 4.71. The van der Waals surface area contributed by atoms with E-state index in [0.29, 0.717) is 18.7 Å². The van der Waals surface area contributed by atoms with Gasteiger partial charge in [-0.15, -0.1) is 11.3 Å². The Balaban J connectivity index is 1.50. The number of aromatic nitrogens is 1. The summed E-state index contributed by atoms with van der Waals surface area (Å²) < 4.78 is 13.9. The number of rotatable bonds is 6. The van der Waals surface area contributed by atoms with Crippen molar-refractivity contribution in [1.29, 1.82) is 0 Å². The molecule has 0 radical (unpaired) electrons. The minimum absolute atomic E-state index is 0.198. The third-order valence-electron chi connectivity index (χ3n) is 4.24. The first kappa shape index (κ1) is 16.7. The molecule has 0 atom stereocenters. The highest BCUT2D eigenvalue weighted by Gasteiger charge is 2.45. The van der Waals surface area contributed by atoms with Crippen molar-refractivity contribution in [1.82, 2.24) is 15.6 Å². The first-order chi connectivity index (χ1) is 11.5. The molecule has 1 aliphatic carbocycles. The van der Waals surface area contributed by atoms with Gasteiger partial charge in [0.05, 0.1) is 12.2 Å². The van der Waals surface area contributed by atoms with Crippen molar-refractivity contribution in [2.24, 2.45) is 0 Å². The molecule has 1 fully saturated rings. The zero-order chi connectivity index (χ0) is 17.2. The third kappa shape index (κ3) is 3.67.